The van der Waals surface area contributed by atoms with Gasteiger partial charge in [0.1, 0.15) is 11.8 Å². The third-order valence-corrected chi connectivity index (χ3v) is 6.28. The van der Waals surface area contributed by atoms with Crippen molar-refractivity contribution < 1.29 is 18.6 Å². The molecule has 2 unspecified atom stereocenters. The van der Waals surface area contributed by atoms with Gasteiger partial charge in [-0.05, 0) is 33.8 Å². The molecule has 0 saturated carbocycles. The van der Waals surface area contributed by atoms with Crippen LogP contribution in [-0.4, -0.2) is 18.6 Å². The highest BCUT2D eigenvalue weighted by molar-refractivity contribution is 7.84. The van der Waals surface area contributed by atoms with Gasteiger partial charge < -0.3 is 9.26 Å². The lowest BCUT2D eigenvalue weighted by Crippen LogP contribution is -2.41. The Bertz CT molecular complexity index is 976. The van der Waals surface area contributed by atoms with Gasteiger partial charge in [-0.3, -0.25) is 4.79 Å². The fourth-order valence-corrected chi connectivity index (χ4v) is 4.69. The van der Waals surface area contributed by atoms with Crippen molar-refractivity contribution in [2.45, 2.75) is 66.8 Å². The van der Waals surface area contributed by atoms with Crippen LogP contribution < -0.4 is 9.61 Å². The number of hydrogen-bond acceptors (Lipinski definition) is 4. The van der Waals surface area contributed by atoms with Gasteiger partial charge in [0.2, 0.25) is 0 Å². The molecule has 0 aromatic heterocycles. The zero-order chi connectivity index (χ0) is 23.6. The van der Waals surface area contributed by atoms with Gasteiger partial charge in [0, 0.05) is 16.6 Å². The van der Waals surface area contributed by atoms with Crippen molar-refractivity contribution in [1.82, 2.24) is 5.09 Å². The quantitative estimate of drug-likeness (QED) is 0.348. The molecule has 5 nitrogen and oxygen atoms in total. The number of hydrogen-bond donors (Lipinski definition) is 1. The number of rotatable bonds is 7. The molecule has 0 aliphatic rings. The fourth-order valence-electron chi connectivity index (χ4n) is 2.95. The predicted molar refractivity (Wildman–Crippen MR) is 129 cm³/mol. The second-order valence-electron chi connectivity index (χ2n) is 10.5. The van der Waals surface area contributed by atoms with Crippen LogP contribution in [0, 0.1) is 11.3 Å². The Labute approximate surface area is 191 Å². The standard InChI is InChI=1S/C24H35ClNO4P/c1-16(2)21(22(27)29-15-23(3,4)5)26-31(25,28)30-20-14-18(24(6,7)8)13-17-11-9-10-12-19(17)20/h9-14,16,21H,15H2,1-8H3,(H,26,28). The SMILES string of the molecule is CC(C)C(NP(=O)(Cl)Oc1cc(C(C)(C)C)cc2ccccc12)C(=O)OCC(C)(C)C. The van der Waals surface area contributed by atoms with Crippen LogP contribution in [0.4, 0.5) is 0 Å². The topological polar surface area (TPSA) is 64.6 Å². The summed E-state index contributed by atoms with van der Waals surface area (Å²) < 4.78 is 24.5. The van der Waals surface area contributed by atoms with E-state index >= 15 is 0 Å². The van der Waals surface area contributed by atoms with Gasteiger partial charge in [0.15, 0.2) is 0 Å². The first-order valence-corrected chi connectivity index (χ1v) is 13.1. The summed E-state index contributed by atoms with van der Waals surface area (Å²) in [5.74, 6) is -0.275. The Hall–Kier alpha value is -1.55. The van der Waals surface area contributed by atoms with Crippen LogP contribution in [0.3, 0.4) is 0 Å². The summed E-state index contributed by atoms with van der Waals surface area (Å²) in [7, 11) is 0. The monoisotopic (exact) mass is 467 g/mol. The minimum Gasteiger partial charge on any atom is -0.464 e. The van der Waals surface area contributed by atoms with Gasteiger partial charge in [-0.25, -0.2) is 9.65 Å². The molecule has 0 bridgehead atoms. The third-order valence-electron chi connectivity index (χ3n) is 4.77. The molecule has 172 valence electrons. The Morgan fingerprint density at radius 2 is 1.71 bits per heavy atom. The van der Waals surface area contributed by atoms with Crippen LogP contribution in [0.5, 0.6) is 5.75 Å². The van der Waals surface area contributed by atoms with E-state index in [4.69, 9.17) is 20.5 Å². The summed E-state index contributed by atoms with van der Waals surface area (Å²) in [5, 5.41) is 4.49. The molecule has 0 heterocycles. The second kappa shape index (κ2) is 9.52. The molecule has 0 amide bonds. The molecule has 2 rings (SSSR count). The van der Waals surface area contributed by atoms with Crippen LogP contribution >= 0.6 is 18.1 Å². The van der Waals surface area contributed by atoms with E-state index in [2.05, 4.69) is 31.9 Å². The molecule has 0 spiro atoms. The smallest absolute Gasteiger partial charge is 0.409 e. The van der Waals surface area contributed by atoms with E-state index in [9.17, 15) is 9.36 Å². The van der Waals surface area contributed by atoms with Gasteiger partial charge in [0.05, 0.1) is 6.61 Å². The Morgan fingerprint density at radius 3 is 2.26 bits per heavy atom. The number of carbonyl (C=O) groups excluding carboxylic acids is 1. The van der Waals surface area contributed by atoms with E-state index in [0.717, 1.165) is 16.3 Å². The third kappa shape index (κ3) is 7.52. The zero-order valence-electron chi connectivity index (χ0n) is 19.8. The Morgan fingerprint density at radius 1 is 1.10 bits per heavy atom. The van der Waals surface area contributed by atoms with Gasteiger partial charge in [-0.15, -0.1) is 0 Å². The summed E-state index contributed by atoms with van der Waals surface area (Å²) in [6.07, 6.45) is 0. The molecule has 31 heavy (non-hydrogen) atoms. The van der Waals surface area contributed by atoms with E-state index in [1.165, 1.54) is 0 Å². The van der Waals surface area contributed by atoms with E-state index in [0.29, 0.717) is 5.75 Å². The number of nitrogens with one attached hydrogen (secondary N) is 1. The van der Waals surface area contributed by atoms with Crippen LogP contribution in [0.15, 0.2) is 36.4 Å². The van der Waals surface area contributed by atoms with Crippen LogP contribution in [0.1, 0.15) is 61.0 Å². The molecule has 2 aromatic rings. The lowest BCUT2D eigenvalue weighted by Gasteiger charge is -2.26. The predicted octanol–water partition coefficient (Wildman–Crippen LogP) is 7.07. The molecular weight excluding hydrogens is 433 g/mol. The second-order valence-corrected chi connectivity index (χ2v) is 13.3. The first-order chi connectivity index (χ1) is 14.1. The number of halogens is 1. The zero-order valence-corrected chi connectivity index (χ0v) is 21.4. The van der Waals surface area contributed by atoms with E-state index in [-0.39, 0.29) is 23.4 Å². The minimum atomic E-state index is -3.90. The lowest BCUT2D eigenvalue weighted by atomic mass is 9.85. The molecule has 0 aliphatic carbocycles. The van der Waals surface area contributed by atoms with Crippen LogP contribution in [0.25, 0.3) is 10.8 Å². The van der Waals surface area contributed by atoms with Crippen LogP contribution in [0.2, 0.25) is 0 Å². The molecule has 0 radical (unpaired) electrons. The fraction of sp³-hybridized carbons (Fsp3) is 0.542. The number of carbonyl (C=O) groups is 1. The van der Waals surface area contributed by atoms with Crippen molar-refractivity contribution in [2.75, 3.05) is 6.61 Å². The van der Waals surface area contributed by atoms with Crippen molar-refractivity contribution >= 4 is 34.9 Å². The Balaban J connectivity index is 2.33. The highest BCUT2D eigenvalue weighted by Crippen LogP contribution is 2.51. The molecule has 1 N–H and O–H groups in total. The molecule has 0 aliphatic heterocycles. The number of esters is 1. The maximum Gasteiger partial charge on any atom is 0.409 e. The first kappa shape index (κ1) is 25.7. The average molecular weight is 468 g/mol. The van der Waals surface area contributed by atoms with E-state index < -0.39 is 18.9 Å². The molecular formula is C24H35ClNO4P. The van der Waals surface area contributed by atoms with Crippen molar-refractivity contribution in [3.8, 4) is 5.75 Å². The van der Waals surface area contributed by atoms with Crippen molar-refractivity contribution in [3.63, 3.8) is 0 Å². The van der Waals surface area contributed by atoms with E-state index in [1.54, 1.807) is 0 Å². The van der Waals surface area contributed by atoms with Crippen molar-refractivity contribution in [2.24, 2.45) is 11.3 Å². The van der Waals surface area contributed by atoms with E-state index in [1.807, 2.05) is 65.0 Å². The number of fused-ring (bicyclic) bond motifs is 1. The Kier molecular flexibility index (Phi) is 7.90. The molecule has 0 fully saturated rings. The highest BCUT2D eigenvalue weighted by Gasteiger charge is 2.34. The summed E-state index contributed by atoms with van der Waals surface area (Å²) in [4.78, 5) is 12.6. The molecule has 2 atom stereocenters. The molecule has 7 heteroatoms. The van der Waals surface area contributed by atoms with Crippen molar-refractivity contribution in [3.05, 3.63) is 42.0 Å². The minimum absolute atomic E-state index is 0.136. The lowest BCUT2D eigenvalue weighted by molar-refractivity contribution is -0.149. The van der Waals surface area contributed by atoms with Gasteiger partial charge in [0.25, 0.3) is 0 Å². The first-order valence-electron chi connectivity index (χ1n) is 10.6. The number of ether oxygens (including phenoxy) is 1. The van der Waals surface area contributed by atoms with Gasteiger partial charge in [-0.2, -0.15) is 0 Å². The summed E-state index contributed by atoms with van der Waals surface area (Å²) >= 11 is 6.33. The van der Waals surface area contributed by atoms with Crippen molar-refractivity contribution in [1.29, 1.82) is 0 Å². The van der Waals surface area contributed by atoms with Gasteiger partial charge >= 0.3 is 12.8 Å². The normalized spacial score (nSPS) is 15.5. The highest BCUT2D eigenvalue weighted by atomic mass is 35.7. The molecule has 2 aromatic carbocycles. The summed E-state index contributed by atoms with van der Waals surface area (Å²) in [6, 6.07) is 10.8. The summed E-state index contributed by atoms with van der Waals surface area (Å²) in [5.41, 5.74) is 0.719. The molecule has 0 saturated heterocycles. The summed E-state index contributed by atoms with van der Waals surface area (Å²) in [6.45, 7) is 12.2. The largest absolute Gasteiger partial charge is 0.464 e. The van der Waals surface area contributed by atoms with Gasteiger partial charge in [-0.1, -0.05) is 85.7 Å². The number of benzene rings is 2. The maximum absolute atomic E-state index is 13.2. The van der Waals surface area contributed by atoms with Crippen LogP contribution in [-0.2, 0) is 19.5 Å². The average Bonchev–Trinajstić information content (AvgIpc) is 2.62. The maximum atomic E-state index is 13.2.